The van der Waals surface area contributed by atoms with Crippen molar-refractivity contribution in [1.29, 1.82) is 0 Å². The number of carbonyl (C=O) groups excluding carboxylic acids is 1. The molecule has 1 saturated carbocycles. The van der Waals surface area contributed by atoms with Crippen molar-refractivity contribution < 1.29 is 9.53 Å². The van der Waals surface area contributed by atoms with Gasteiger partial charge in [-0.05, 0) is 50.9 Å². The molecule has 128 valence electrons. The molecule has 1 aliphatic heterocycles. The van der Waals surface area contributed by atoms with Gasteiger partial charge in [-0.15, -0.1) is 0 Å². The second kappa shape index (κ2) is 6.75. The number of nitrogens with zero attached hydrogens (tertiary/aromatic N) is 1. The minimum Gasteiger partial charge on any atom is -0.444 e. The first-order valence-corrected chi connectivity index (χ1v) is 8.66. The zero-order valence-electron chi connectivity index (χ0n) is 14.7. The van der Waals surface area contributed by atoms with Crippen LogP contribution in [0.3, 0.4) is 0 Å². The molecule has 0 bridgehead atoms. The topological polar surface area (TPSA) is 67.6 Å². The molecular formula is C17H33N3O2. The van der Waals surface area contributed by atoms with E-state index in [1.165, 1.54) is 19.3 Å². The van der Waals surface area contributed by atoms with Crippen LogP contribution in [0.4, 0.5) is 4.79 Å². The number of amides is 1. The number of nitrogens with two attached hydrogens (primary N) is 1. The lowest BCUT2D eigenvalue weighted by atomic mass is 9.53. The second-order valence-electron chi connectivity index (χ2n) is 8.12. The van der Waals surface area contributed by atoms with Gasteiger partial charge in [0.2, 0.25) is 0 Å². The first kappa shape index (κ1) is 17.5. The van der Waals surface area contributed by atoms with Crippen molar-refractivity contribution in [3.05, 3.63) is 0 Å². The van der Waals surface area contributed by atoms with Gasteiger partial charge in [0.05, 0.1) is 0 Å². The van der Waals surface area contributed by atoms with Crippen LogP contribution in [0.25, 0.3) is 0 Å². The highest BCUT2D eigenvalue weighted by Crippen LogP contribution is 2.54. The van der Waals surface area contributed by atoms with E-state index in [1.54, 1.807) is 0 Å². The van der Waals surface area contributed by atoms with Crippen molar-refractivity contribution in [3.63, 3.8) is 0 Å². The highest BCUT2D eigenvalue weighted by atomic mass is 16.6. The number of rotatable bonds is 4. The molecular weight excluding hydrogens is 278 g/mol. The number of carbonyl (C=O) groups is 1. The van der Waals surface area contributed by atoms with Crippen LogP contribution in [0.2, 0.25) is 0 Å². The van der Waals surface area contributed by atoms with Crippen molar-refractivity contribution in [1.82, 2.24) is 10.2 Å². The van der Waals surface area contributed by atoms with Gasteiger partial charge < -0.3 is 20.7 Å². The number of ether oxygens (including phenoxy) is 1. The van der Waals surface area contributed by atoms with Gasteiger partial charge in [-0.3, -0.25) is 0 Å². The highest BCUT2D eigenvalue weighted by molar-refractivity contribution is 5.67. The zero-order valence-corrected chi connectivity index (χ0v) is 14.7. The SMILES string of the molecule is CC1CN(CCN)CC(CNC(=O)OC(C)(C)C)C12CCC2. The van der Waals surface area contributed by atoms with Crippen molar-refractivity contribution in [2.75, 3.05) is 32.7 Å². The predicted octanol–water partition coefficient (Wildman–Crippen LogP) is 2.21. The summed E-state index contributed by atoms with van der Waals surface area (Å²) in [6.07, 6.45) is 3.62. The highest BCUT2D eigenvalue weighted by Gasteiger charge is 2.51. The van der Waals surface area contributed by atoms with Gasteiger partial charge in [-0.25, -0.2) is 4.79 Å². The maximum atomic E-state index is 11.9. The standard InChI is InChI=1S/C17H33N3O2/c1-13-11-20(9-8-18)12-14(17(13)6-5-7-17)10-19-15(21)22-16(2,3)4/h13-14H,5-12,18H2,1-4H3,(H,19,21). The van der Waals surface area contributed by atoms with Crippen LogP contribution in [0.5, 0.6) is 0 Å². The van der Waals surface area contributed by atoms with Gasteiger partial charge >= 0.3 is 6.09 Å². The van der Waals surface area contributed by atoms with Crippen molar-refractivity contribution in [3.8, 4) is 0 Å². The molecule has 1 amide bonds. The average molecular weight is 311 g/mol. The molecule has 2 rings (SSSR count). The predicted molar refractivity (Wildman–Crippen MR) is 88.7 cm³/mol. The summed E-state index contributed by atoms with van der Waals surface area (Å²) in [6.45, 7) is 12.6. The molecule has 1 heterocycles. The number of nitrogens with one attached hydrogen (secondary N) is 1. The van der Waals surface area contributed by atoms with Crippen molar-refractivity contribution in [2.24, 2.45) is 23.0 Å². The third-order valence-corrected chi connectivity index (χ3v) is 5.43. The fourth-order valence-electron chi connectivity index (χ4n) is 4.18. The number of hydrogen-bond donors (Lipinski definition) is 2. The maximum absolute atomic E-state index is 11.9. The van der Waals surface area contributed by atoms with Crippen LogP contribution in [-0.4, -0.2) is 49.3 Å². The van der Waals surface area contributed by atoms with E-state index in [9.17, 15) is 4.79 Å². The number of alkyl carbamates (subject to hydrolysis) is 1. The van der Waals surface area contributed by atoms with Gasteiger partial charge in [0, 0.05) is 32.7 Å². The van der Waals surface area contributed by atoms with Crippen LogP contribution < -0.4 is 11.1 Å². The fraction of sp³-hybridized carbons (Fsp3) is 0.941. The molecule has 3 N–H and O–H groups in total. The monoisotopic (exact) mass is 311 g/mol. The Balaban J connectivity index is 1.94. The van der Waals surface area contributed by atoms with E-state index < -0.39 is 5.60 Å². The molecule has 2 fully saturated rings. The Hall–Kier alpha value is -0.810. The Kier molecular flexibility index (Phi) is 5.38. The minimum absolute atomic E-state index is 0.300. The van der Waals surface area contributed by atoms with Crippen molar-refractivity contribution >= 4 is 6.09 Å². The maximum Gasteiger partial charge on any atom is 0.407 e. The van der Waals surface area contributed by atoms with Gasteiger partial charge in [0.25, 0.3) is 0 Å². The molecule has 2 unspecified atom stereocenters. The molecule has 1 aliphatic carbocycles. The van der Waals surface area contributed by atoms with E-state index in [0.717, 1.165) is 19.6 Å². The fourth-order valence-corrected chi connectivity index (χ4v) is 4.18. The molecule has 1 saturated heterocycles. The molecule has 2 aliphatic rings. The third kappa shape index (κ3) is 3.93. The largest absolute Gasteiger partial charge is 0.444 e. The van der Waals surface area contributed by atoms with Crippen LogP contribution in [0, 0.1) is 17.3 Å². The number of hydrogen-bond acceptors (Lipinski definition) is 4. The van der Waals surface area contributed by atoms with E-state index in [1.807, 2.05) is 20.8 Å². The Bertz CT molecular complexity index is 388. The lowest BCUT2D eigenvalue weighted by Gasteiger charge is -2.57. The Morgan fingerprint density at radius 2 is 2.05 bits per heavy atom. The lowest BCUT2D eigenvalue weighted by Crippen LogP contribution is -2.59. The summed E-state index contributed by atoms with van der Waals surface area (Å²) in [4.78, 5) is 14.4. The zero-order chi connectivity index (χ0) is 16.4. The van der Waals surface area contributed by atoms with E-state index in [-0.39, 0.29) is 6.09 Å². The quantitative estimate of drug-likeness (QED) is 0.835. The van der Waals surface area contributed by atoms with Crippen LogP contribution >= 0.6 is 0 Å². The molecule has 0 aromatic heterocycles. The van der Waals surface area contributed by atoms with Crippen LogP contribution in [0.15, 0.2) is 0 Å². The summed E-state index contributed by atoms with van der Waals surface area (Å²) in [6, 6.07) is 0. The minimum atomic E-state index is -0.441. The Morgan fingerprint density at radius 1 is 1.36 bits per heavy atom. The first-order valence-electron chi connectivity index (χ1n) is 8.66. The normalized spacial score (nSPS) is 28.2. The van der Waals surface area contributed by atoms with E-state index in [2.05, 4.69) is 17.1 Å². The van der Waals surface area contributed by atoms with Gasteiger partial charge in [-0.1, -0.05) is 13.3 Å². The van der Waals surface area contributed by atoms with Crippen molar-refractivity contribution in [2.45, 2.75) is 52.6 Å². The van der Waals surface area contributed by atoms with Gasteiger partial charge in [0.1, 0.15) is 5.60 Å². The lowest BCUT2D eigenvalue weighted by molar-refractivity contribution is -0.0750. The summed E-state index contributed by atoms with van der Waals surface area (Å²) in [5, 5.41) is 3.00. The van der Waals surface area contributed by atoms with E-state index in [4.69, 9.17) is 10.5 Å². The van der Waals surface area contributed by atoms with Gasteiger partial charge in [-0.2, -0.15) is 0 Å². The molecule has 2 atom stereocenters. The van der Waals surface area contributed by atoms with Gasteiger partial charge in [0.15, 0.2) is 0 Å². The first-order chi connectivity index (χ1) is 10.3. The average Bonchev–Trinajstić information content (AvgIpc) is 2.32. The summed E-state index contributed by atoms with van der Waals surface area (Å²) < 4.78 is 5.37. The second-order valence-corrected chi connectivity index (χ2v) is 8.12. The summed E-state index contributed by atoms with van der Waals surface area (Å²) in [7, 11) is 0. The third-order valence-electron chi connectivity index (χ3n) is 5.43. The summed E-state index contributed by atoms with van der Waals surface area (Å²) in [5.74, 6) is 1.18. The van der Waals surface area contributed by atoms with E-state index in [0.29, 0.717) is 30.3 Å². The molecule has 0 radical (unpaired) electrons. The Labute approximate surface area is 134 Å². The molecule has 22 heavy (non-hydrogen) atoms. The molecule has 1 spiro atoms. The molecule has 5 nitrogen and oxygen atoms in total. The Morgan fingerprint density at radius 3 is 2.55 bits per heavy atom. The number of likely N-dealkylation sites (tertiary alicyclic amines) is 1. The molecule has 5 heteroatoms. The molecule has 0 aromatic rings. The van der Waals surface area contributed by atoms with Crippen LogP contribution in [0.1, 0.15) is 47.0 Å². The number of piperidine rings is 1. The summed E-state index contributed by atoms with van der Waals surface area (Å²) in [5.41, 5.74) is 5.70. The smallest absolute Gasteiger partial charge is 0.407 e. The van der Waals surface area contributed by atoms with E-state index >= 15 is 0 Å². The van der Waals surface area contributed by atoms with Crippen LogP contribution in [-0.2, 0) is 4.74 Å². The summed E-state index contributed by atoms with van der Waals surface area (Å²) >= 11 is 0. The molecule has 0 aromatic carbocycles.